The molecule has 29 heavy (non-hydrogen) atoms. The highest BCUT2D eigenvalue weighted by molar-refractivity contribution is 6.30. The molecule has 2 aromatic carbocycles. The zero-order valence-corrected chi connectivity index (χ0v) is 16.9. The zero-order chi connectivity index (χ0) is 20.2. The smallest absolute Gasteiger partial charge is 0.242 e. The molecule has 0 aliphatic carbocycles. The Balaban J connectivity index is 1.24. The van der Waals surface area contributed by atoms with Gasteiger partial charge in [0, 0.05) is 36.9 Å². The summed E-state index contributed by atoms with van der Waals surface area (Å²) in [6.07, 6.45) is 0.633. The van der Waals surface area contributed by atoms with Gasteiger partial charge in [-0.3, -0.25) is 9.59 Å². The Kier molecular flexibility index (Phi) is 5.90. The van der Waals surface area contributed by atoms with E-state index in [4.69, 9.17) is 16.3 Å². The van der Waals surface area contributed by atoms with Gasteiger partial charge in [-0.2, -0.15) is 0 Å². The normalized spacial score (nSPS) is 18.6. The van der Waals surface area contributed by atoms with Crippen LogP contribution in [0.25, 0.3) is 0 Å². The van der Waals surface area contributed by atoms with Gasteiger partial charge in [0.15, 0.2) is 0 Å². The molecule has 1 fully saturated rings. The summed E-state index contributed by atoms with van der Waals surface area (Å²) in [6, 6.07) is 15.5. The maximum atomic E-state index is 12.5. The van der Waals surface area contributed by atoms with Gasteiger partial charge in [0.1, 0.15) is 12.4 Å². The molecule has 6 nitrogen and oxygen atoms in total. The third kappa shape index (κ3) is 4.65. The Morgan fingerprint density at radius 2 is 1.86 bits per heavy atom. The van der Waals surface area contributed by atoms with Gasteiger partial charge in [-0.25, -0.2) is 0 Å². The molecular weight excluding hydrogens is 390 g/mol. The maximum absolute atomic E-state index is 12.5. The fourth-order valence-corrected chi connectivity index (χ4v) is 3.99. The Bertz CT molecular complexity index is 896. The number of carbonyl (C=O) groups excluding carboxylic acids is 2. The van der Waals surface area contributed by atoms with Crippen molar-refractivity contribution in [1.82, 2.24) is 10.2 Å². The summed E-state index contributed by atoms with van der Waals surface area (Å²) < 4.78 is 5.67. The van der Waals surface area contributed by atoms with Gasteiger partial charge < -0.3 is 19.9 Å². The first-order chi connectivity index (χ1) is 14.1. The van der Waals surface area contributed by atoms with E-state index in [0.717, 1.165) is 30.1 Å². The van der Waals surface area contributed by atoms with Crippen LogP contribution in [0, 0.1) is 5.92 Å². The minimum absolute atomic E-state index is 0.0220. The molecule has 0 spiro atoms. The Morgan fingerprint density at radius 3 is 2.66 bits per heavy atom. The van der Waals surface area contributed by atoms with Crippen molar-refractivity contribution < 1.29 is 14.3 Å². The summed E-state index contributed by atoms with van der Waals surface area (Å²) in [6.45, 7) is 3.10. The number of hydrogen-bond acceptors (Lipinski definition) is 4. The molecule has 1 atom stereocenters. The van der Waals surface area contributed by atoms with Crippen LogP contribution in [0.1, 0.15) is 5.56 Å². The highest BCUT2D eigenvalue weighted by Crippen LogP contribution is 2.26. The quantitative estimate of drug-likeness (QED) is 0.835. The van der Waals surface area contributed by atoms with Crippen molar-refractivity contribution in [2.75, 3.05) is 44.2 Å². The first-order valence-electron chi connectivity index (χ1n) is 9.87. The lowest BCUT2D eigenvalue weighted by Crippen LogP contribution is -2.52. The van der Waals surface area contributed by atoms with Crippen molar-refractivity contribution in [3.63, 3.8) is 0 Å². The summed E-state index contributed by atoms with van der Waals surface area (Å²) in [5, 5.41) is 3.50. The Hall–Kier alpha value is -2.73. The van der Waals surface area contributed by atoms with Crippen molar-refractivity contribution >= 4 is 29.1 Å². The van der Waals surface area contributed by atoms with Gasteiger partial charge in [0.2, 0.25) is 11.8 Å². The molecule has 2 aliphatic rings. The van der Waals surface area contributed by atoms with E-state index in [1.165, 1.54) is 0 Å². The maximum Gasteiger partial charge on any atom is 0.242 e. The lowest BCUT2D eigenvalue weighted by atomic mass is 9.96. The number of fused-ring (bicyclic) bond motifs is 1. The second-order valence-electron chi connectivity index (χ2n) is 7.39. The average molecular weight is 414 g/mol. The lowest BCUT2D eigenvalue weighted by molar-refractivity contribution is -0.134. The number of anilines is 1. The van der Waals surface area contributed by atoms with E-state index in [0.29, 0.717) is 31.1 Å². The molecule has 0 saturated carbocycles. The van der Waals surface area contributed by atoms with Crippen LogP contribution < -0.4 is 15.0 Å². The third-order valence-corrected chi connectivity index (χ3v) is 5.70. The van der Waals surface area contributed by atoms with Crippen LogP contribution in [0.2, 0.25) is 5.02 Å². The monoisotopic (exact) mass is 413 g/mol. The molecule has 2 aliphatic heterocycles. The van der Waals surface area contributed by atoms with E-state index in [9.17, 15) is 9.59 Å². The van der Waals surface area contributed by atoms with Gasteiger partial charge in [-0.15, -0.1) is 0 Å². The van der Waals surface area contributed by atoms with Crippen LogP contribution in [-0.2, 0) is 16.0 Å². The van der Waals surface area contributed by atoms with Crippen LogP contribution in [0.3, 0.4) is 0 Å². The lowest BCUT2D eigenvalue weighted by Gasteiger charge is -2.36. The summed E-state index contributed by atoms with van der Waals surface area (Å²) >= 11 is 6.07. The number of rotatable bonds is 4. The van der Waals surface area contributed by atoms with Gasteiger partial charge in [0.05, 0.1) is 12.5 Å². The fourth-order valence-electron chi connectivity index (χ4n) is 3.80. The number of halogens is 1. The molecule has 1 N–H and O–H groups in total. The van der Waals surface area contributed by atoms with E-state index in [1.807, 2.05) is 48.5 Å². The zero-order valence-electron chi connectivity index (χ0n) is 16.1. The van der Waals surface area contributed by atoms with E-state index in [1.54, 1.807) is 4.90 Å². The number of carbonyl (C=O) groups is 2. The van der Waals surface area contributed by atoms with E-state index in [-0.39, 0.29) is 24.3 Å². The van der Waals surface area contributed by atoms with Crippen molar-refractivity contribution in [3.05, 3.63) is 59.1 Å². The summed E-state index contributed by atoms with van der Waals surface area (Å²) in [5.41, 5.74) is 2.10. The van der Waals surface area contributed by atoms with Crippen LogP contribution in [0.4, 0.5) is 5.69 Å². The highest BCUT2D eigenvalue weighted by atomic mass is 35.5. The Labute approximate surface area is 175 Å². The minimum Gasteiger partial charge on any atom is -0.492 e. The topological polar surface area (TPSA) is 61.9 Å². The van der Waals surface area contributed by atoms with E-state index >= 15 is 0 Å². The molecule has 0 aromatic heterocycles. The number of hydrogen-bond donors (Lipinski definition) is 1. The van der Waals surface area contributed by atoms with Crippen molar-refractivity contribution in [2.24, 2.45) is 5.92 Å². The number of ether oxygens (including phenoxy) is 1. The number of amides is 2. The third-order valence-electron chi connectivity index (χ3n) is 5.47. The standard InChI is InChI=1S/C22H24ClN3O3/c23-18-5-3-6-19(13-18)25-8-10-26(11-9-25)21(27)14-24-22(28)17-12-16-4-1-2-7-20(16)29-15-17/h1-7,13,17H,8-12,14-15H2,(H,24,28). The van der Waals surface area contributed by atoms with Crippen molar-refractivity contribution in [3.8, 4) is 5.75 Å². The first kappa shape index (κ1) is 19.6. The second-order valence-corrected chi connectivity index (χ2v) is 7.82. The molecule has 2 aromatic rings. The van der Waals surface area contributed by atoms with Crippen LogP contribution in [0.5, 0.6) is 5.75 Å². The molecule has 7 heteroatoms. The molecule has 0 bridgehead atoms. The van der Waals surface area contributed by atoms with Gasteiger partial charge in [-0.05, 0) is 36.2 Å². The summed E-state index contributed by atoms with van der Waals surface area (Å²) in [7, 11) is 0. The molecule has 4 rings (SSSR count). The molecule has 0 radical (unpaired) electrons. The summed E-state index contributed by atoms with van der Waals surface area (Å²) in [5.74, 6) is 0.384. The van der Waals surface area contributed by atoms with Crippen LogP contribution >= 0.6 is 11.6 Å². The SMILES string of the molecule is O=C(NCC(=O)N1CCN(c2cccc(Cl)c2)CC1)C1COc2ccccc2C1. The molecule has 1 unspecified atom stereocenters. The highest BCUT2D eigenvalue weighted by Gasteiger charge is 2.27. The van der Waals surface area contributed by atoms with Crippen LogP contribution in [-0.4, -0.2) is 56.0 Å². The largest absolute Gasteiger partial charge is 0.492 e. The van der Waals surface area contributed by atoms with Crippen molar-refractivity contribution in [2.45, 2.75) is 6.42 Å². The predicted octanol–water partition coefficient (Wildman–Crippen LogP) is 2.36. The minimum atomic E-state index is -0.266. The van der Waals surface area contributed by atoms with Gasteiger partial charge in [-0.1, -0.05) is 35.9 Å². The number of para-hydroxylation sites is 1. The molecule has 2 amide bonds. The predicted molar refractivity (Wildman–Crippen MR) is 112 cm³/mol. The number of benzene rings is 2. The number of nitrogens with one attached hydrogen (secondary N) is 1. The van der Waals surface area contributed by atoms with Crippen LogP contribution in [0.15, 0.2) is 48.5 Å². The van der Waals surface area contributed by atoms with Gasteiger partial charge >= 0.3 is 0 Å². The second kappa shape index (κ2) is 8.74. The van der Waals surface area contributed by atoms with E-state index < -0.39 is 0 Å². The number of nitrogens with zero attached hydrogens (tertiary/aromatic N) is 2. The molecular formula is C22H24ClN3O3. The fraction of sp³-hybridized carbons (Fsp3) is 0.364. The molecule has 1 saturated heterocycles. The number of piperazine rings is 1. The first-order valence-corrected chi connectivity index (χ1v) is 10.2. The van der Waals surface area contributed by atoms with E-state index in [2.05, 4.69) is 10.2 Å². The van der Waals surface area contributed by atoms with Crippen molar-refractivity contribution in [1.29, 1.82) is 0 Å². The van der Waals surface area contributed by atoms with Gasteiger partial charge in [0.25, 0.3) is 0 Å². The molecule has 2 heterocycles. The average Bonchev–Trinajstić information content (AvgIpc) is 2.77. The molecule has 152 valence electrons. The summed E-state index contributed by atoms with van der Waals surface area (Å²) in [4.78, 5) is 29.0. The Morgan fingerprint density at radius 1 is 1.07 bits per heavy atom.